The Balaban J connectivity index is -0.0000000160. The van der Waals surface area contributed by atoms with Crippen molar-refractivity contribution in [2.24, 2.45) is 0 Å². The fourth-order valence-corrected chi connectivity index (χ4v) is 0. The fraction of sp³-hybridized carbons (Fsp3) is 1.00. The molecule has 0 fully saturated rings. The van der Waals surface area contributed by atoms with Crippen molar-refractivity contribution in [2.75, 3.05) is 28.2 Å². The zero-order valence-electron chi connectivity index (χ0n) is 5.91. The van der Waals surface area contributed by atoms with Crippen LogP contribution in [0.1, 0.15) is 0 Å². The van der Waals surface area contributed by atoms with Gasteiger partial charge in [-0.15, -0.1) is 0 Å². The molecular formula is C4H16I2N2. The van der Waals surface area contributed by atoms with Crippen molar-refractivity contribution in [3.8, 4) is 0 Å². The van der Waals surface area contributed by atoms with Gasteiger partial charge < -0.3 is 58.6 Å². The van der Waals surface area contributed by atoms with Crippen molar-refractivity contribution in [1.82, 2.24) is 0 Å². The van der Waals surface area contributed by atoms with Crippen LogP contribution < -0.4 is 58.6 Å². The van der Waals surface area contributed by atoms with E-state index in [9.17, 15) is 0 Å². The first-order chi connectivity index (χ1) is 2.83. The van der Waals surface area contributed by atoms with Crippen LogP contribution in [0.2, 0.25) is 0 Å². The van der Waals surface area contributed by atoms with Crippen LogP contribution in [0.15, 0.2) is 0 Å². The maximum Gasteiger partial charge on any atom is 0.0647 e. The highest BCUT2D eigenvalue weighted by atomic mass is 127. The predicted octanol–water partition coefficient (Wildman–Crippen LogP) is -8.37. The molecule has 4 N–H and O–H groups in total. The quantitative estimate of drug-likeness (QED) is 0.409. The molecular weight excluding hydrogens is 330 g/mol. The minimum absolute atomic E-state index is 0. The molecule has 0 aromatic rings. The second-order valence-corrected chi connectivity index (χ2v) is 1.15. The summed E-state index contributed by atoms with van der Waals surface area (Å²) in [5.41, 5.74) is 0. The van der Waals surface area contributed by atoms with E-state index in [1.807, 2.05) is 38.8 Å². The Morgan fingerprint density at radius 2 is 0.625 bits per heavy atom. The third-order valence-corrected chi connectivity index (χ3v) is 0. The molecule has 56 valence electrons. The van der Waals surface area contributed by atoms with Gasteiger partial charge in [0.05, 0.1) is 28.2 Å². The van der Waals surface area contributed by atoms with Gasteiger partial charge in [0.1, 0.15) is 0 Å². The van der Waals surface area contributed by atoms with Crippen molar-refractivity contribution in [3.05, 3.63) is 0 Å². The van der Waals surface area contributed by atoms with Gasteiger partial charge in [-0.25, -0.2) is 0 Å². The monoisotopic (exact) mass is 346 g/mol. The summed E-state index contributed by atoms with van der Waals surface area (Å²) < 4.78 is 0. The maximum atomic E-state index is 2.00. The molecule has 0 saturated carbocycles. The molecule has 0 bridgehead atoms. The second-order valence-electron chi connectivity index (χ2n) is 1.15. The van der Waals surface area contributed by atoms with E-state index in [0.717, 1.165) is 0 Å². The topological polar surface area (TPSA) is 33.2 Å². The molecule has 0 aliphatic heterocycles. The summed E-state index contributed by atoms with van der Waals surface area (Å²) in [5, 5.41) is 4.00. The average molecular weight is 346 g/mol. The highest BCUT2D eigenvalue weighted by molar-refractivity contribution is 3.35. The lowest BCUT2D eigenvalue weighted by Crippen LogP contribution is -3.00. The molecule has 0 aliphatic rings. The zero-order valence-corrected chi connectivity index (χ0v) is 10.2. The Morgan fingerprint density at radius 3 is 0.625 bits per heavy atom. The van der Waals surface area contributed by atoms with Gasteiger partial charge in [-0.2, -0.15) is 0 Å². The van der Waals surface area contributed by atoms with Crippen molar-refractivity contribution in [2.45, 2.75) is 0 Å². The largest absolute Gasteiger partial charge is 1.00 e. The van der Waals surface area contributed by atoms with Crippen molar-refractivity contribution >= 4 is 0 Å². The normalized spacial score (nSPS) is 4.50. The van der Waals surface area contributed by atoms with E-state index in [1.54, 1.807) is 0 Å². The number of rotatable bonds is 0. The second kappa shape index (κ2) is 40.0. The maximum absolute atomic E-state index is 2.00. The van der Waals surface area contributed by atoms with Gasteiger partial charge in [0, 0.05) is 0 Å². The molecule has 2 nitrogen and oxygen atoms in total. The minimum Gasteiger partial charge on any atom is -1.00 e. The van der Waals surface area contributed by atoms with Crippen molar-refractivity contribution in [1.29, 1.82) is 0 Å². The molecule has 0 heterocycles. The minimum atomic E-state index is 0. The molecule has 0 aromatic heterocycles. The van der Waals surface area contributed by atoms with Gasteiger partial charge in [0.2, 0.25) is 0 Å². The van der Waals surface area contributed by atoms with Gasteiger partial charge in [0.25, 0.3) is 0 Å². The molecule has 8 heavy (non-hydrogen) atoms. The Kier molecular flexibility index (Phi) is 114. The predicted molar refractivity (Wildman–Crippen MR) is 27.5 cm³/mol. The van der Waals surface area contributed by atoms with Crippen LogP contribution in [-0.4, -0.2) is 28.2 Å². The van der Waals surface area contributed by atoms with Crippen LogP contribution in [0, 0.1) is 0 Å². The number of hydrogen-bond acceptors (Lipinski definition) is 0. The van der Waals surface area contributed by atoms with Crippen LogP contribution in [-0.2, 0) is 0 Å². The summed E-state index contributed by atoms with van der Waals surface area (Å²) >= 11 is 0. The lowest BCUT2D eigenvalue weighted by atomic mass is 11.3. The molecule has 0 radical (unpaired) electrons. The number of halogens is 2. The first kappa shape index (κ1) is 22.8. The number of quaternary nitrogens is 2. The van der Waals surface area contributed by atoms with Gasteiger partial charge in [0.15, 0.2) is 0 Å². The zero-order chi connectivity index (χ0) is 5.41. The van der Waals surface area contributed by atoms with Gasteiger partial charge in [-0.1, -0.05) is 0 Å². The molecule has 0 aliphatic carbocycles. The molecule has 0 unspecified atom stereocenters. The summed E-state index contributed by atoms with van der Waals surface area (Å²) in [6.45, 7) is 0. The molecule has 0 saturated heterocycles. The summed E-state index contributed by atoms with van der Waals surface area (Å²) in [7, 11) is 8.00. The van der Waals surface area contributed by atoms with Crippen molar-refractivity contribution in [3.63, 3.8) is 0 Å². The highest BCUT2D eigenvalue weighted by Crippen LogP contribution is 0.589. The Labute approximate surface area is 86.2 Å². The molecule has 0 spiro atoms. The van der Waals surface area contributed by atoms with Crippen molar-refractivity contribution < 1.29 is 58.6 Å². The van der Waals surface area contributed by atoms with E-state index in [2.05, 4.69) is 0 Å². The lowest BCUT2D eigenvalue weighted by Gasteiger charge is -1.57. The summed E-state index contributed by atoms with van der Waals surface area (Å²) in [6, 6.07) is 0. The third-order valence-electron chi connectivity index (χ3n) is 0. The molecule has 0 aromatic carbocycles. The van der Waals surface area contributed by atoms with E-state index >= 15 is 0 Å². The fourth-order valence-electron chi connectivity index (χ4n) is 0. The molecule has 0 rings (SSSR count). The smallest absolute Gasteiger partial charge is 0.0647 e. The summed E-state index contributed by atoms with van der Waals surface area (Å²) in [6.07, 6.45) is 0. The highest BCUT2D eigenvalue weighted by Gasteiger charge is 1.29. The number of nitrogens with two attached hydrogens (primary N) is 2. The van der Waals surface area contributed by atoms with Gasteiger partial charge in [-0.3, -0.25) is 0 Å². The molecule has 0 amide bonds. The van der Waals surface area contributed by atoms with Gasteiger partial charge in [-0.05, 0) is 0 Å². The SMILES string of the molecule is C[NH2+]C.C[NH2+]C.[I-].[I-]. The molecule has 4 heteroatoms. The van der Waals surface area contributed by atoms with E-state index in [-0.39, 0.29) is 48.0 Å². The van der Waals surface area contributed by atoms with Gasteiger partial charge >= 0.3 is 0 Å². The van der Waals surface area contributed by atoms with Crippen LogP contribution in [0.4, 0.5) is 0 Å². The lowest BCUT2D eigenvalue weighted by molar-refractivity contribution is -0.597. The Hall–Kier alpha value is 1.38. The molecule has 0 atom stereocenters. The first-order valence-corrected chi connectivity index (χ1v) is 2.31. The van der Waals surface area contributed by atoms with Crippen LogP contribution >= 0.6 is 0 Å². The summed E-state index contributed by atoms with van der Waals surface area (Å²) in [4.78, 5) is 0. The first-order valence-electron chi connectivity index (χ1n) is 2.31. The van der Waals surface area contributed by atoms with E-state index < -0.39 is 0 Å². The van der Waals surface area contributed by atoms with Crippen LogP contribution in [0.3, 0.4) is 0 Å². The Bertz CT molecular complexity index is 14.0. The Morgan fingerprint density at radius 1 is 0.625 bits per heavy atom. The van der Waals surface area contributed by atoms with E-state index in [1.165, 1.54) is 0 Å². The van der Waals surface area contributed by atoms with Crippen LogP contribution in [0.25, 0.3) is 0 Å². The van der Waals surface area contributed by atoms with E-state index in [4.69, 9.17) is 0 Å². The van der Waals surface area contributed by atoms with Crippen LogP contribution in [0.5, 0.6) is 0 Å². The third kappa shape index (κ3) is 158. The number of hydrogen-bond donors (Lipinski definition) is 2. The standard InChI is InChI=1S/2C2H7N.2HI/c2*1-3-2;;/h2*3H,1-2H3;2*1H. The summed E-state index contributed by atoms with van der Waals surface area (Å²) in [5.74, 6) is 0. The van der Waals surface area contributed by atoms with E-state index in [0.29, 0.717) is 0 Å². The average Bonchev–Trinajstić information content (AvgIpc) is 1.39.